The predicted molar refractivity (Wildman–Crippen MR) is 89.2 cm³/mol. The molecule has 0 fully saturated rings. The van der Waals surface area contributed by atoms with Crippen molar-refractivity contribution >= 4 is 23.0 Å². The Balaban J connectivity index is 2.35. The van der Waals surface area contributed by atoms with Gasteiger partial charge in [-0.25, -0.2) is 15.0 Å². The van der Waals surface area contributed by atoms with Crippen LogP contribution in [0.4, 0.5) is 11.6 Å². The summed E-state index contributed by atoms with van der Waals surface area (Å²) >= 11 is 1.67. The molecule has 2 rings (SSSR count). The minimum Gasteiger partial charge on any atom is -0.373 e. The first-order chi connectivity index (χ1) is 10.1. The molecule has 0 saturated heterocycles. The number of thiazole rings is 1. The van der Waals surface area contributed by atoms with E-state index in [1.807, 2.05) is 25.5 Å². The van der Waals surface area contributed by atoms with Gasteiger partial charge in [0.2, 0.25) is 0 Å². The van der Waals surface area contributed by atoms with Gasteiger partial charge in [0.1, 0.15) is 22.5 Å². The molecule has 0 saturated carbocycles. The van der Waals surface area contributed by atoms with Gasteiger partial charge in [-0.05, 0) is 13.3 Å². The molecule has 21 heavy (non-hydrogen) atoms. The second-order valence-electron chi connectivity index (χ2n) is 5.28. The lowest BCUT2D eigenvalue weighted by molar-refractivity contribution is 0.724. The van der Waals surface area contributed by atoms with Gasteiger partial charge < -0.3 is 10.6 Å². The lowest BCUT2D eigenvalue weighted by Gasteiger charge is -2.19. The zero-order chi connectivity index (χ0) is 15.4. The molecule has 2 aromatic rings. The Bertz CT molecular complexity index is 580. The van der Waals surface area contributed by atoms with Crippen LogP contribution in [0.25, 0.3) is 0 Å². The molecule has 2 heterocycles. The lowest BCUT2D eigenvalue weighted by atomic mass is 10.2. The molecule has 114 valence electrons. The van der Waals surface area contributed by atoms with E-state index in [2.05, 4.69) is 41.4 Å². The molecule has 0 spiro atoms. The summed E-state index contributed by atoms with van der Waals surface area (Å²) in [5, 5.41) is 9.77. The van der Waals surface area contributed by atoms with Crippen LogP contribution >= 0.6 is 11.3 Å². The normalized spacial score (nSPS) is 12.5. The summed E-state index contributed by atoms with van der Waals surface area (Å²) in [5.41, 5.74) is 1.04. The second-order valence-corrected chi connectivity index (χ2v) is 6.21. The number of hydrogen-bond donors (Lipinski definition) is 2. The third kappa shape index (κ3) is 3.50. The molecule has 1 unspecified atom stereocenters. The Labute approximate surface area is 130 Å². The van der Waals surface area contributed by atoms with Crippen molar-refractivity contribution in [3.05, 3.63) is 28.0 Å². The summed E-state index contributed by atoms with van der Waals surface area (Å²) in [7, 11) is 1.89. The fourth-order valence-electron chi connectivity index (χ4n) is 2.09. The Morgan fingerprint density at radius 2 is 1.95 bits per heavy atom. The highest BCUT2D eigenvalue weighted by Crippen LogP contribution is 2.28. The Morgan fingerprint density at radius 1 is 1.24 bits per heavy atom. The molecule has 1 atom stereocenters. The van der Waals surface area contributed by atoms with Gasteiger partial charge in [-0.3, -0.25) is 0 Å². The van der Waals surface area contributed by atoms with Gasteiger partial charge in [0.15, 0.2) is 0 Å². The Morgan fingerprint density at radius 3 is 2.48 bits per heavy atom. The van der Waals surface area contributed by atoms with E-state index >= 15 is 0 Å². The fraction of sp³-hybridized carbons (Fsp3) is 0.533. The van der Waals surface area contributed by atoms with Gasteiger partial charge >= 0.3 is 0 Å². The summed E-state index contributed by atoms with van der Waals surface area (Å²) < 4.78 is 0. The molecule has 2 N–H and O–H groups in total. The third-order valence-corrected chi connectivity index (χ3v) is 4.27. The van der Waals surface area contributed by atoms with Crippen LogP contribution in [0.2, 0.25) is 0 Å². The highest BCUT2D eigenvalue weighted by atomic mass is 32.1. The van der Waals surface area contributed by atoms with Gasteiger partial charge in [0.05, 0.1) is 6.04 Å². The molecule has 0 aromatic carbocycles. The van der Waals surface area contributed by atoms with E-state index in [1.54, 1.807) is 11.3 Å². The molecule has 0 aliphatic heterocycles. The quantitative estimate of drug-likeness (QED) is 0.845. The molecule has 0 amide bonds. The third-order valence-electron chi connectivity index (χ3n) is 3.39. The van der Waals surface area contributed by atoms with E-state index in [0.717, 1.165) is 34.5 Å². The maximum atomic E-state index is 4.69. The first-order valence-corrected chi connectivity index (χ1v) is 8.17. The van der Waals surface area contributed by atoms with Crippen molar-refractivity contribution in [2.75, 3.05) is 17.7 Å². The lowest BCUT2D eigenvalue weighted by Crippen LogP contribution is -2.15. The Kier molecular flexibility index (Phi) is 5.12. The molecule has 6 heteroatoms. The van der Waals surface area contributed by atoms with Gasteiger partial charge in [-0.15, -0.1) is 11.3 Å². The van der Waals surface area contributed by atoms with Crippen LogP contribution in [-0.4, -0.2) is 22.0 Å². The van der Waals surface area contributed by atoms with Crippen LogP contribution in [0.3, 0.4) is 0 Å². The number of nitrogens with one attached hydrogen (secondary N) is 2. The van der Waals surface area contributed by atoms with Crippen molar-refractivity contribution < 1.29 is 0 Å². The molecule has 0 aliphatic carbocycles. The average Bonchev–Trinajstić information content (AvgIpc) is 3.00. The number of hydrogen-bond acceptors (Lipinski definition) is 6. The van der Waals surface area contributed by atoms with E-state index in [-0.39, 0.29) is 12.0 Å². The van der Waals surface area contributed by atoms with E-state index in [1.165, 1.54) is 0 Å². The van der Waals surface area contributed by atoms with Gasteiger partial charge in [0.25, 0.3) is 0 Å². The van der Waals surface area contributed by atoms with E-state index in [9.17, 15) is 0 Å². The van der Waals surface area contributed by atoms with Crippen LogP contribution in [0, 0.1) is 6.92 Å². The molecule has 0 bridgehead atoms. The predicted octanol–water partition coefficient (Wildman–Crippen LogP) is 3.97. The van der Waals surface area contributed by atoms with E-state index in [0.29, 0.717) is 0 Å². The second kappa shape index (κ2) is 6.85. The van der Waals surface area contributed by atoms with Crippen LogP contribution in [0.5, 0.6) is 0 Å². The molecule has 0 aliphatic rings. The van der Waals surface area contributed by atoms with Crippen molar-refractivity contribution in [3.8, 4) is 0 Å². The molecular weight excluding hydrogens is 282 g/mol. The van der Waals surface area contributed by atoms with Gasteiger partial charge in [-0.1, -0.05) is 20.8 Å². The maximum absolute atomic E-state index is 4.69. The highest BCUT2D eigenvalue weighted by molar-refractivity contribution is 7.09. The molecular formula is C15H23N5S. The fourth-order valence-corrected chi connectivity index (χ4v) is 2.86. The molecule has 5 nitrogen and oxygen atoms in total. The zero-order valence-electron chi connectivity index (χ0n) is 13.3. The first kappa shape index (κ1) is 15.7. The highest BCUT2D eigenvalue weighted by Gasteiger charge is 2.17. The summed E-state index contributed by atoms with van der Waals surface area (Å²) in [6.45, 7) is 8.39. The summed E-state index contributed by atoms with van der Waals surface area (Å²) in [6, 6.07) is 0.184. The van der Waals surface area contributed by atoms with Crippen LogP contribution in [0.15, 0.2) is 11.6 Å². The largest absolute Gasteiger partial charge is 0.373 e. The SMILES string of the molecule is CCC(Nc1nc(C(C)C)nc(NC)c1C)c1nccs1. The van der Waals surface area contributed by atoms with Gasteiger partial charge in [0, 0.05) is 30.1 Å². The number of anilines is 2. The topological polar surface area (TPSA) is 62.7 Å². The number of aromatic nitrogens is 3. The van der Waals surface area contributed by atoms with Crippen LogP contribution < -0.4 is 10.6 Å². The monoisotopic (exact) mass is 305 g/mol. The standard InChI is InChI=1S/C15H23N5S/c1-6-11(15-17-7-8-21-15)18-14-10(4)13(16-5)19-12(20-14)9(2)3/h7-9,11H,6H2,1-5H3,(H2,16,18,19,20). The van der Waals surface area contributed by atoms with Crippen molar-refractivity contribution in [1.82, 2.24) is 15.0 Å². The summed E-state index contributed by atoms with van der Waals surface area (Å²) in [6.07, 6.45) is 2.80. The molecule has 0 radical (unpaired) electrons. The summed E-state index contributed by atoms with van der Waals surface area (Å²) in [5.74, 6) is 2.91. The average molecular weight is 305 g/mol. The number of nitrogens with zero attached hydrogens (tertiary/aromatic N) is 3. The maximum Gasteiger partial charge on any atom is 0.135 e. The smallest absolute Gasteiger partial charge is 0.135 e. The van der Waals surface area contributed by atoms with Crippen molar-refractivity contribution in [2.24, 2.45) is 0 Å². The van der Waals surface area contributed by atoms with Crippen molar-refractivity contribution in [3.63, 3.8) is 0 Å². The van der Waals surface area contributed by atoms with Crippen molar-refractivity contribution in [2.45, 2.75) is 46.1 Å². The van der Waals surface area contributed by atoms with Crippen molar-refractivity contribution in [1.29, 1.82) is 0 Å². The minimum absolute atomic E-state index is 0.184. The number of rotatable bonds is 6. The van der Waals surface area contributed by atoms with Gasteiger partial charge in [-0.2, -0.15) is 0 Å². The minimum atomic E-state index is 0.184. The zero-order valence-corrected chi connectivity index (χ0v) is 14.1. The van der Waals surface area contributed by atoms with E-state index < -0.39 is 0 Å². The summed E-state index contributed by atoms with van der Waals surface area (Å²) in [4.78, 5) is 13.7. The Hall–Kier alpha value is -1.69. The first-order valence-electron chi connectivity index (χ1n) is 7.29. The van der Waals surface area contributed by atoms with Crippen LogP contribution in [0.1, 0.15) is 55.5 Å². The van der Waals surface area contributed by atoms with E-state index in [4.69, 9.17) is 4.98 Å². The van der Waals surface area contributed by atoms with Crippen LogP contribution in [-0.2, 0) is 0 Å². The molecule has 2 aromatic heterocycles.